The summed E-state index contributed by atoms with van der Waals surface area (Å²) in [4.78, 5) is 14.3. The predicted molar refractivity (Wildman–Crippen MR) is 47.1 cm³/mol. The summed E-state index contributed by atoms with van der Waals surface area (Å²) in [5.41, 5.74) is 0.358. The second-order valence-electron chi connectivity index (χ2n) is 2.21. The van der Waals surface area contributed by atoms with E-state index in [0.29, 0.717) is 17.6 Å². The van der Waals surface area contributed by atoms with E-state index in [0.717, 1.165) is 0 Å². The molecule has 0 aliphatic carbocycles. The molecular formula is C8H8ClNO3. The topological polar surface area (TPSA) is 48.4 Å². The van der Waals surface area contributed by atoms with E-state index in [9.17, 15) is 4.79 Å². The van der Waals surface area contributed by atoms with Crippen molar-refractivity contribution in [3.05, 3.63) is 23.0 Å². The van der Waals surface area contributed by atoms with Crippen LogP contribution in [0, 0.1) is 0 Å². The Kier molecular flexibility index (Phi) is 3.67. The van der Waals surface area contributed by atoms with Crippen LogP contribution in [0.1, 0.15) is 10.4 Å². The average Bonchev–Trinajstić information content (AvgIpc) is 2.16. The quantitative estimate of drug-likeness (QED) is 0.421. The van der Waals surface area contributed by atoms with Gasteiger partial charge in [-0.15, -0.1) is 0 Å². The summed E-state index contributed by atoms with van der Waals surface area (Å²) in [5, 5.41) is 0.256. The zero-order valence-electron chi connectivity index (χ0n) is 6.99. The SMILES string of the molecule is COCOc1cnc(Cl)cc1C=O. The summed E-state index contributed by atoms with van der Waals surface area (Å²) in [5.74, 6) is 0.362. The Morgan fingerprint density at radius 1 is 1.69 bits per heavy atom. The molecule has 4 nitrogen and oxygen atoms in total. The number of hydrogen-bond acceptors (Lipinski definition) is 4. The van der Waals surface area contributed by atoms with Gasteiger partial charge in [0, 0.05) is 7.11 Å². The first-order valence-electron chi connectivity index (χ1n) is 3.50. The standard InChI is InChI=1S/C8H8ClNO3/c1-12-5-13-7-3-10-8(9)2-6(7)4-11/h2-4H,5H2,1H3. The van der Waals surface area contributed by atoms with E-state index >= 15 is 0 Å². The zero-order chi connectivity index (χ0) is 9.68. The van der Waals surface area contributed by atoms with E-state index in [1.807, 2.05) is 0 Å². The first-order valence-corrected chi connectivity index (χ1v) is 3.88. The van der Waals surface area contributed by atoms with Gasteiger partial charge in [-0.05, 0) is 6.07 Å². The lowest BCUT2D eigenvalue weighted by atomic mass is 10.3. The number of rotatable bonds is 4. The number of carbonyl (C=O) groups excluding carboxylic acids is 1. The summed E-state index contributed by atoms with van der Waals surface area (Å²) in [6, 6.07) is 1.43. The van der Waals surface area contributed by atoms with Crippen molar-refractivity contribution in [1.82, 2.24) is 4.98 Å². The van der Waals surface area contributed by atoms with Gasteiger partial charge in [0.2, 0.25) is 0 Å². The Morgan fingerprint density at radius 2 is 2.46 bits per heavy atom. The molecule has 0 aliphatic rings. The van der Waals surface area contributed by atoms with Crippen molar-refractivity contribution in [3.8, 4) is 5.75 Å². The smallest absolute Gasteiger partial charge is 0.188 e. The fourth-order valence-corrected chi connectivity index (χ4v) is 0.933. The molecule has 70 valence electrons. The molecule has 1 rings (SSSR count). The van der Waals surface area contributed by atoms with Crippen molar-refractivity contribution < 1.29 is 14.3 Å². The lowest BCUT2D eigenvalue weighted by molar-refractivity contribution is 0.0503. The van der Waals surface area contributed by atoms with E-state index in [2.05, 4.69) is 9.72 Å². The lowest BCUT2D eigenvalue weighted by Gasteiger charge is -2.05. The number of aromatic nitrogens is 1. The predicted octanol–water partition coefficient (Wildman–Crippen LogP) is 1.53. The van der Waals surface area contributed by atoms with Gasteiger partial charge in [0.15, 0.2) is 18.8 Å². The highest BCUT2D eigenvalue weighted by Gasteiger charge is 2.03. The molecule has 0 saturated heterocycles. The van der Waals surface area contributed by atoms with Crippen LogP contribution >= 0.6 is 11.6 Å². The highest BCUT2D eigenvalue weighted by Crippen LogP contribution is 2.18. The minimum atomic E-state index is 0.0736. The third-order valence-electron chi connectivity index (χ3n) is 1.32. The summed E-state index contributed by atoms with van der Waals surface area (Å²) in [7, 11) is 1.49. The van der Waals surface area contributed by atoms with Gasteiger partial charge in [0.1, 0.15) is 5.15 Å². The molecule has 0 aromatic carbocycles. The molecule has 0 N–H and O–H groups in total. The second kappa shape index (κ2) is 4.79. The number of pyridine rings is 1. The molecule has 1 heterocycles. The lowest BCUT2D eigenvalue weighted by Crippen LogP contribution is -2.01. The van der Waals surface area contributed by atoms with Gasteiger partial charge in [-0.2, -0.15) is 0 Å². The largest absolute Gasteiger partial charge is 0.465 e. The maximum absolute atomic E-state index is 10.5. The molecular weight excluding hydrogens is 194 g/mol. The summed E-state index contributed by atoms with van der Waals surface area (Å²) >= 11 is 5.57. The van der Waals surface area contributed by atoms with Crippen molar-refractivity contribution in [2.24, 2.45) is 0 Å². The Bertz CT molecular complexity index is 303. The van der Waals surface area contributed by atoms with Crippen LogP contribution in [0.3, 0.4) is 0 Å². The van der Waals surface area contributed by atoms with E-state index in [1.54, 1.807) is 0 Å². The third-order valence-corrected chi connectivity index (χ3v) is 1.53. The maximum Gasteiger partial charge on any atom is 0.188 e. The molecule has 0 radical (unpaired) electrons. The van der Waals surface area contributed by atoms with Gasteiger partial charge in [-0.25, -0.2) is 4.98 Å². The van der Waals surface area contributed by atoms with Gasteiger partial charge in [0.25, 0.3) is 0 Å². The minimum absolute atomic E-state index is 0.0736. The van der Waals surface area contributed by atoms with Crippen LogP contribution in [0.15, 0.2) is 12.3 Å². The number of aldehydes is 1. The fraction of sp³-hybridized carbons (Fsp3) is 0.250. The first-order chi connectivity index (χ1) is 6.27. The second-order valence-corrected chi connectivity index (χ2v) is 2.60. The van der Waals surface area contributed by atoms with Crippen LogP contribution in [0.5, 0.6) is 5.75 Å². The molecule has 0 aliphatic heterocycles. The average molecular weight is 202 g/mol. The number of halogens is 1. The maximum atomic E-state index is 10.5. The Morgan fingerprint density at radius 3 is 3.08 bits per heavy atom. The monoisotopic (exact) mass is 201 g/mol. The Balaban J connectivity index is 2.86. The van der Waals surface area contributed by atoms with Gasteiger partial charge >= 0.3 is 0 Å². The molecule has 0 spiro atoms. The first kappa shape index (κ1) is 9.95. The Hall–Kier alpha value is -1.13. The van der Waals surface area contributed by atoms with Crippen LogP contribution in [-0.4, -0.2) is 25.2 Å². The van der Waals surface area contributed by atoms with Gasteiger partial charge in [0.05, 0.1) is 11.8 Å². The fourth-order valence-electron chi connectivity index (χ4n) is 0.767. The van der Waals surface area contributed by atoms with E-state index < -0.39 is 0 Å². The summed E-state index contributed by atoms with van der Waals surface area (Å²) in [6.07, 6.45) is 2.03. The number of carbonyl (C=O) groups is 1. The number of methoxy groups -OCH3 is 1. The van der Waals surface area contributed by atoms with E-state index in [4.69, 9.17) is 16.3 Å². The molecule has 1 aromatic rings. The molecule has 5 heteroatoms. The number of nitrogens with zero attached hydrogens (tertiary/aromatic N) is 1. The van der Waals surface area contributed by atoms with Gasteiger partial charge in [-0.3, -0.25) is 4.79 Å². The zero-order valence-corrected chi connectivity index (χ0v) is 7.75. The van der Waals surface area contributed by atoms with Crippen molar-refractivity contribution in [2.45, 2.75) is 0 Å². The normalized spacial score (nSPS) is 9.69. The minimum Gasteiger partial charge on any atom is -0.465 e. The van der Waals surface area contributed by atoms with Crippen molar-refractivity contribution >= 4 is 17.9 Å². The molecule has 0 bridgehead atoms. The highest BCUT2D eigenvalue weighted by atomic mass is 35.5. The molecule has 13 heavy (non-hydrogen) atoms. The van der Waals surface area contributed by atoms with Crippen LogP contribution in [0.25, 0.3) is 0 Å². The van der Waals surface area contributed by atoms with Crippen LogP contribution in [0.4, 0.5) is 0 Å². The van der Waals surface area contributed by atoms with Crippen molar-refractivity contribution in [2.75, 3.05) is 13.9 Å². The molecule has 0 amide bonds. The molecule has 0 unspecified atom stereocenters. The van der Waals surface area contributed by atoms with Crippen LogP contribution in [-0.2, 0) is 4.74 Å². The summed E-state index contributed by atoms with van der Waals surface area (Å²) < 4.78 is 9.73. The number of ether oxygens (including phenoxy) is 2. The van der Waals surface area contributed by atoms with Crippen LogP contribution in [0.2, 0.25) is 5.15 Å². The van der Waals surface area contributed by atoms with Crippen molar-refractivity contribution in [3.63, 3.8) is 0 Å². The molecule has 1 aromatic heterocycles. The van der Waals surface area contributed by atoms with E-state index in [1.165, 1.54) is 19.4 Å². The number of hydrogen-bond donors (Lipinski definition) is 0. The molecule has 0 atom stereocenters. The van der Waals surface area contributed by atoms with Gasteiger partial charge in [-0.1, -0.05) is 11.6 Å². The highest BCUT2D eigenvalue weighted by molar-refractivity contribution is 6.29. The van der Waals surface area contributed by atoms with Crippen LogP contribution < -0.4 is 4.74 Å². The van der Waals surface area contributed by atoms with Gasteiger partial charge < -0.3 is 9.47 Å². The molecule has 0 saturated carbocycles. The van der Waals surface area contributed by atoms with Crippen molar-refractivity contribution in [1.29, 1.82) is 0 Å². The summed E-state index contributed by atoms with van der Waals surface area (Å²) in [6.45, 7) is 0.0736. The van der Waals surface area contributed by atoms with E-state index in [-0.39, 0.29) is 11.9 Å². The third kappa shape index (κ3) is 2.68. The Labute approximate surface area is 80.4 Å². The molecule has 0 fully saturated rings.